The van der Waals surface area contributed by atoms with Crippen LogP contribution in [-0.2, 0) is 6.54 Å². The van der Waals surface area contributed by atoms with Crippen molar-refractivity contribution in [3.8, 4) is 11.3 Å². The topological polar surface area (TPSA) is 43.6 Å². The number of halogens is 4. The first-order valence-corrected chi connectivity index (χ1v) is 6.72. The molecule has 0 aromatic carbocycles. The molecular weight excluding hydrogens is 317 g/mol. The highest BCUT2D eigenvalue weighted by molar-refractivity contribution is 6.30. The fraction of sp³-hybridized carbons (Fsp3) is 0.214. The number of aromatic nitrogens is 4. The van der Waals surface area contributed by atoms with Crippen molar-refractivity contribution < 1.29 is 13.2 Å². The summed E-state index contributed by atoms with van der Waals surface area (Å²) in [7, 11) is 0. The highest BCUT2D eigenvalue weighted by Crippen LogP contribution is 2.26. The van der Waals surface area contributed by atoms with Gasteiger partial charge >= 0.3 is 6.18 Å². The zero-order valence-electron chi connectivity index (χ0n) is 11.4. The lowest BCUT2D eigenvalue weighted by Gasteiger charge is -2.06. The Morgan fingerprint density at radius 3 is 2.73 bits per heavy atom. The third-order valence-electron chi connectivity index (χ3n) is 3.14. The van der Waals surface area contributed by atoms with E-state index in [0.29, 0.717) is 21.9 Å². The highest BCUT2D eigenvalue weighted by atomic mass is 35.5. The number of rotatable bonds is 2. The number of hydrogen-bond donors (Lipinski definition) is 0. The zero-order valence-corrected chi connectivity index (χ0v) is 12.2. The van der Waals surface area contributed by atoms with E-state index in [1.807, 2.05) is 6.92 Å². The van der Waals surface area contributed by atoms with Gasteiger partial charge in [0.1, 0.15) is 11.7 Å². The van der Waals surface area contributed by atoms with E-state index < -0.39 is 12.7 Å². The smallest absolute Gasteiger partial charge is 0.263 e. The summed E-state index contributed by atoms with van der Waals surface area (Å²) in [5.74, 6) is 0. The maximum absolute atomic E-state index is 12.4. The van der Waals surface area contributed by atoms with Crippen LogP contribution >= 0.6 is 11.6 Å². The van der Waals surface area contributed by atoms with E-state index >= 15 is 0 Å². The van der Waals surface area contributed by atoms with E-state index in [2.05, 4.69) is 15.1 Å². The van der Waals surface area contributed by atoms with Crippen LogP contribution in [0.1, 0.15) is 5.56 Å². The second-order valence-electron chi connectivity index (χ2n) is 4.89. The Morgan fingerprint density at radius 2 is 2.00 bits per heavy atom. The lowest BCUT2D eigenvalue weighted by molar-refractivity contribution is -0.142. The lowest BCUT2D eigenvalue weighted by atomic mass is 10.1. The summed E-state index contributed by atoms with van der Waals surface area (Å²) in [6.45, 7) is 0.751. The molecule has 22 heavy (non-hydrogen) atoms. The number of fused-ring (bicyclic) bond motifs is 1. The summed E-state index contributed by atoms with van der Waals surface area (Å²) in [6.07, 6.45) is -0.0852. The van der Waals surface area contributed by atoms with Crippen molar-refractivity contribution in [2.45, 2.75) is 19.6 Å². The molecule has 3 heterocycles. The molecule has 0 saturated carbocycles. The van der Waals surface area contributed by atoms with Gasteiger partial charge in [0, 0.05) is 17.1 Å². The van der Waals surface area contributed by atoms with E-state index in [9.17, 15) is 13.2 Å². The largest absolute Gasteiger partial charge is 0.408 e. The van der Waals surface area contributed by atoms with Gasteiger partial charge in [0.25, 0.3) is 0 Å². The Labute approximate surface area is 128 Å². The summed E-state index contributed by atoms with van der Waals surface area (Å²) in [5, 5.41) is 4.94. The average molecular weight is 327 g/mol. The number of pyridine rings is 2. The highest BCUT2D eigenvalue weighted by Gasteiger charge is 2.28. The summed E-state index contributed by atoms with van der Waals surface area (Å²) >= 11 is 5.85. The minimum atomic E-state index is -4.31. The van der Waals surface area contributed by atoms with E-state index in [1.54, 1.807) is 12.1 Å². The summed E-state index contributed by atoms with van der Waals surface area (Å²) in [5.41, 5.74) is 2.60. The standard InChI is InChI=1S/C14H10ClF3N4/c1-8-2-11(21-12-5-19-13(15)3-10(8)12)9-4-20-22(6-9)7-14(16,17)18/h2-6H,7H2,1H3. The van der Waals surface area contributed by atoms with Crippen molar-refractivity contribution in [3.63, 3.8) is 0 Å². The summed E-state index contributed by atoms with van der Waals surface area (Å²) < 4.78 is 37.9. The molecule has 8 heteroatoms. The fourth-order valence-corrected chi connectivity index (χ4v) is 2.34. The predicted octanol–water partition coefficient (Wildman–Crippen LogP) is 4.02. The molecule has 114 valence electrons. The van der Waals surface area contributed by atoms with Gasteiger partial charge in [-0.15, -0.1) is 0 Å². The molecule has 3 aromatic heterocycles. The van der Waals surface area contributed by atoms with Gasteiger partial charge in [-0.25, -0.2) is 9.97 Å². The Hall–Kier alpha value is -2.15. The van der Waals surface area contributed by atoms with Crippen LogP contribution in [0.4, 0.5) is 13.2 Å². The fourth-order valence-electron chi connectivity index (χ4n) is 2.19. The van der Waals surface area contributed by atoms with Gasteiger partial charge < -0.3 is 0 Å². The number of hydrogen-bond acceptors (Lipinski definition) is 3. The molecule has 0 N–H and O–H groups in total. The first-order chi connectivity index (χ1) is 10.3. The Balaban J connectivity index is 2.02. The van der Waals surface area contributed by atoms with E-state index in [0.717, 1.165) is 15.6 Å². The minimum Gasteiger partial charge on any atom is -0.263 e. The van der Waals surface area contributed by atoms with Gasteiger partial charge in [0.15, 0.2) is 0 Å². The molecule has 0 aliphatic heterocycles. The lowest BCUT2D eigenvalue weighted by Crippen LogP contribution is -2.17. The molecule has 0 fully saturated rings. The first kappa shape index (κ1) is 14.8. The van der Waals surface area contributed by atoms with E-state index in [1.165, 1.54) is 18.6 Å². The Morgan fingerprint density at radius 1 is 1.23 bits per heavy atom. The van der Waals surface area contributed by atoms with Gasteiger partial charge in [-0.3, -0.25) is 4.68 Å². The van der Waals surface area contributed by atoms with Gasteiger partial charge in [-0.05, 0) is 24.6 Å². The molecule has 0 aliphatic rings. The number of alkyl halides is 3. The minimum absolute atomic E-state index is 0.364. The number of aryl methyl sites for hydroxylation is 1. The van der Waals surface area contributed by atoms with Crippen LogP contribution in [0.3, 0.4) is 0 Å². The van der Waals surface area contributed by atoms with Crippen LogP contribution in [-0.4, -0.2) is 25.9 Å². The molecule has 4 nitrogen and oxygen atoms in total. The molecule has 0 bridgehead atoms. The van der Waals surface area contributed by atoms with Crippen LogP contribution in [0.2, 0.25) is 5.15 Å². The van der Waals surface area contributed by atoms with Crippen LogP contribution in [0.15, 0.2) is 30.7 Å². The van der Waals surface area contributed by atoms with Crippen LogP contribution in [0.5, 0.6) is 0 Å². The van der Waals surface area contributed by atoms with Crippen molar-refractivity contribution >= 4 is 22.5 Å². The zero-order chi connectivity index (χ0) is 15.9. The van der Waals surface area contributed by atoms with Crippen LogP contribution < -0.4 is 0 Å². The van der Waals surface area contributed by atoms with Crippen molar-refractivity contribution in [2.75, 3.05) is 0 Å². The summed E-state index contributed by atoms with van der Waals surface area (Å²) in [6, 6.07) is 3.49. The normalized spacial score (nSPS) is 12.0. The van der Waals surface area contributed by atoms with E-state index in [4.69, 9.17) is 11.6 Å². The van der Waals surface area contributed by atoms with Gasteiger partial charge in [0.2, 0.25) is 0 Å². The average Bonchev–Trinajstić information content (AvgIpc) is 2.85. The van der Waals surface area contributed by atoms with Gasteiger partial charge in [0.05, 0.1) is 23.6 Å². The molecule has 3 rings (SSSR count). The SMILES string of the molecule is Cc1cc(-c2cnn(CC(F)(F)F)c2)nc2cnc(Cl)cc12. The van der Waals surface area contributed by atoms with E-state index in [-0.39, 0.29) is 0 Å². The molecule has 0 atom stereocenters. The number of nitrogens with zero attached hydrogens (tertiary/aromatic N) is 4. The maximum Gasteiger partial charge on any atom is 0.408 e. The second kappa shape index (κ2) is 5.24. The molecular formula is C14H10ClF3N4. The molecule has 0 saturated heterocycles. The molecule has 0 radical (unpaired) electrons. The molecule has 3 aromatic rings. The van der Waals surface area contributed by atoms with Gasteiger partial charge in [-0.1, -0.05) is 11.6 Å². The quantitative estimate of drug-likeness (QED) is 0.668. The monoisotopic (exact) mass is 326 g/mol. The van der Waals surface area contributed by atoms with Crippen molar-refractivity contribution in [1.82, 2.24) is 19.7 Å². The van der Waals surface area contributed by atoms with Gasteiger partial charge in [-0.2, -0.15) is 18.3 Å². The third kappa shape index (κ3) is 3.04. The predicted molar refractivity (Wildman–Crippen MR) is 76.6 cm³/mol. The van der Waals surface area contributed by atoms with Crippen molar-refractivity contribution in [3.05, 3.63) is 41.4 Å². The first-order valence-electron chi connectivity index (χ1n) is 6.34. The van der Waals surface area contributed by atoms with Crippen LogP contribution in [0.25, 0.3) is 22.2 Å². The molecule has 0 unspecified atom stereocenters. The second-order valence-corrected chi connectivity index (χ2v) is 5.28. The molecule has 0 spiro atoms. The molecule has 0 amide bonds. The van der Waals surface area contributed by atoms with Crippen molar-refractivity contribution in [1.29, 1.82) is 0 Å². The summed E-state index contributed by atoms with van der Waals surface area (Å²) in [4.78, 5) is 8.37. The Bertz CT molecular complexity index is 842. The van der Waals surface area contributed by atoms with Crippen molar-refractivity contribution in [2.24, 2.45) is 0 Å². The van der Waals surface area contributed by atoms with Crippen LogP contribution in [0, 0.1) is 6.92 Å². The third-order valence-corrected chi connectivity index (χ3v) is 3.35. The Kier molecular flexibility index (Phi) is 3.52. The molecule has 0 aliphatic carbocycles. The maximum atomic E-state index is 12.4.